The number of rotatable bonds is 3. The van der Waals surface area contributed by atoms with Gasteiger partial charge < -0.3 is 15.0 Å². The number of hydrogen-bond acceptors (Lipinski definition) is 3. The molecular weight excluding hydrogens is 319 g/mol. The summed E-state index contributed by atoms with van der Waals surface area (Å²) >= 11 is 6.27. The largest absolute Gasteiger partial charge is 0.464 e. The first-order chi connectivity index (χ1) is 11.1. The van der Waals surface area contributed by atoms with Crippen LogP contribution < -0.4 is 5.73 Å². The number of nitrogens with two attached hydrogens (primary N) is 1. The molecule has 2 N–H and O–H groups in total. The maximum absolute atomic E-state index is 14.2. The molecule has 3 aromatic rings. The van der Waals surface area contributed by atoms with Crippen molar-refractivity contribution in [2.24, 2.45) is 5.73 Å². The lowest BCUT2D eigenvalue weighted by atomic mass is 10.2. The molecule has 1 heterocycles. The Morgan fingerprint density at radius 2 is 1.96 bits per heavy atom. The van der Waals surface area contributed by atoms with Crippen LogP contribution in [-0.4, -0.2) is 17.6 Å². The highest BCUT2D eigenvalue weighted by Gasteiger charge is 2.25. The number of hydrogen-bond donors (Lipinski definition) is 1. The maximum Gasteiger partial charge on any atom is 0.356 e. The van der Waals surface area contributed by atoms with Crippen LogP contribution in [0.5, 0.6) is 0 Å². The molecule has 118 valence electrons. The van der Waals surface area contributed by atoms with Crippen molar-refractivity contribution in [2.45, 2.75) is 6.54 Å². The van der Waals surface area contributed by atoms with Gasteiger partial charge >= 0.3 is 5.97 Å². The Balaban J connectivity index is 2.37. The maximum atomic E-state index is 14.2. The fourth-order valence-electron chi connectivity index (χ4n) is 2.58. The van der Waals surface area contributed by atoms with Crippen molar-refractivity contribution in [2.75, 3.05) is 7.11 Å². The standard InChI is InChI=1S/C17H14ClFN2O2/c1-23-17(22)16-15(18)14-12(19)3-2-4-13(14)21(16)11-7-5-10(9-20)6-8-11/h2-8H,9,20H2,1H3. The summed E-state index contributed by atoms with van der Waals surface area (Å²) in [5.41, 5.74) is 7.81. The van der Waals surface area contributed by atoms with Crippen molar-refractivity contribution in [3.8, 4) is 5.69 Å². The molecule has 0 atom stereocenters. The Hall–Kier alpha value is -2.37. The second kappa shape index (κ2) is 6.02. The molecule has 3 rings (SSSR count). The average Bonchev–Trinajstić information content (AvgIpc) is 2.88. The van der Waals surface area contributed by atoms with Crippen LogP contribution in [0.4, 0.5) is 4.39 Å². The lowest BCUT2D eigenvalue weighted by Crippen LogP contribution is -2.09. The van der Waals surface area contributed by atoms with Gasteiger partial charge in [0.05, 0.1) is 23.0 Å². The molecule has 6 heteroatoms. The van der Waals surface area contributed by atoms with E-state index in [0.717, 1.165) is 5.56 Å². The Bertz CT molecular complexity index is 888. The van der Waals surface area contributed by atoms with Gasteiger partial charge in [-0.1, -0.05) is 29.8 Å². The second-order valence-corrected chi connectivity index (χ2v) is 5.37. The molecule has 0 aliphatic heterocycles. The zero-order valence-corrected chi connectivity index (χ0v) is 13.1. The third-order valence-corrected chi connectivity index (χ3v) is 4.06. The van der Waals surface area contributed by atoms with Crippen LogP contribution in [0, 0.1) is 5.82 Å². The molecule has 0 aliphatic rings. The summed E-state index contributed by atoms with van der Waals surface area (Å²) in [6, 6.07) is 11.9. The Morgan fingerprint density at radius 3 is 2.57 bits per heavy atom. The third-order valence-electron chi connectivity index (χ3n) is 3.69. The van der Waals surface area contributed by atoms with Crippen LogP contribution in [0.3, 0.4) is 0 Å². The minimum Gasteiger partial charge on any atom is -0.464 e. The van der Waals surface area contributed by atoms with E-state index in [-0.39, 0.29) is 16.1 Å². The predicted octanol–water partition coefficient (Wildman–Crippen LogP) is 3.67. The van der Waals surface area contributed by atoms with Crippen molar-refractivity contribution in [3.63, 3.8) is 0 Å². The van der Waals surface area contributed by atoms with Crippen LogP contribution in [0.15, 0.2) is 42.5 Å². The number of esters is 1. The van der Waals surface area contributed by atoms with Crippen molar-refractivity contribution in [3.05, 3.63) is 64.6 Å². The van der Waals surface area contributed by atoms with Gasteiger partial charge in [-0.2, -0.15) is 0 Å². The van der Waals surface area contributed by atoms with Crippen LogP contribution in [0.25, 0.3) is 16.6 Å². The van der Waals surface area contributed by atoms with Gasteiger partial charge in [0.2, 0.25) is 0 Å². The fourth-order valence-corrected chi connectivity index (χ4v) is 2.93. The zero-order chi connectivity index (χ0) is 16.6. The summed E-state index contributed by atoms with van der Waals surface area (Å²) in [4.78, 5) is 12.2. The number of nitrogens with zero attached hydrogens (tertiary/aromatic N) is 1. The minimum absolute atomic E-state index is 0.0350. The van der Waals surface area contributed by atoms with E-state index in [2.05, 4.69) is 0 Å². The van der Waals surface area contributed by atoms with Gasteiger partial charge in [-0.15, -0.1) is 0 Å². The first kappa shape index (κ1) is 15.5. The Kier molecular flexibility index (Phi) is 4.07. The molecule has 0 bridgehead atoms. The van der Waals surface area contributed by atoms with Gasteiger partial charge in [-0.25, -0.2) is 9.18 Å². The highest BCUT2D eigenvalue weighted by atomic mass is 35.5. The second-order valence-electron chi connectivity index (χ2n) is 4.99. The van der Waals surface area contributed by atoms with Crippen molar-refractivity contribution in [1.82, 2.24) is 4.57 Å². The lowest BCUT2D eigenvalue weighted by molar-refractivity contribution is 0.0592. The summed E-state index contributed by atoms with van der Waals surface area (Å²) in [6.07, 6.45) is 0. The number of carbonyl (C=O) groups is 1. The summed E-state index contributed by atoms with van der Waals surface area (Å²) in [6.45, 7) is 0.409. The molecule has 2 aromatic carbocycles. The highest BCUT2D eigenvalue weighted by molar-refractivity contribution is 6.38. The van der Waals surface area contributed by atoms with E-state index in [9.17, 15) is 9.18 Å². The number of methoxy groups -OCH3 is 1. The van der Waals surface area contributed by atoms with E-state index in [1.54, 1.807) is 28.8 Å². The molecule has 0 saturated carbocycles. The van der Waals surface area contributed by atoms with Crippen LogP contribution in [0.2, 0.25) is 5.02 Å². The molecule has 1 aromatic heterocycles. The first-order valence-corrected chi connectivity index (χ1v) is 7.32. The smallest absolute Gasteiger partial charge is 0.356 e. The molecule has 0 radical (unpaired) electrons. The van der Waals surface area contributed by atoms with Crippen LogP contribution >= 0.6 is 11.6 Å². The van der Waals surface area contributed by atoms with Gasteiger partial charge in [0, 0.05) is 12.2 Å². The van der Waals surface area contributed by atoms with E-state index < -0.39 is 11.8 Å². The van der Waals surface area contributed by atoms with Gasteiger partial charge in [0.15, 0.2) is 5.69 Å². The molecule has 23 heavy (non-hydrogen) atoms. The molecular formula is C17H14ClFN2O2. The number of aromatic nitrogens is 1. The molecule has 0 aliphatic carbocycles. The zero-order valence-electron chi connectivity index (χ0n) is 12.3. The minimum atomic E-state index is -0.631. The molecule has 0 spiro atoms. The van der Waals surface area contributed by atoms with E-state index in [1.165, 1.54) is 13.2 Å². The van der Waals surface area contributed by atoms with Crippen molar-refractivity contribution >= 4 is 28.5 Å². The van der Waals surface area contributed by atoms with Crippen LogP contribution in [-0.2, 0) is 11.3 Å². The predicted molar refractivity (Wildman–Crippen MR) is 87.5 cm³/mol. The summed E-state index contributed by atoms with van der Waals surface area (Å²) in [5, 5.41) is 0.227. The lowest BCUT2D eigenvalue weighted by Gasteiger charge is -2.10. The number of carbonyl (C=O) groups excluding carboxylic acids is 1. The average molecular weight is 333 g/mol. The molecule has 4 nitrogen and oxygen atoms in total. The first-order valence-electron chi connectivity index (χ1n) is 6.94. The summed E-state index contributed by atoms with van der Waals surface area (Å²) < 4.78 is 20.6. The molecule has 0 unspecified atom stereocenters. The monoisotopic (exact) mass is 332 g/mol. The normalized spacial score (nSPS) is 11.0. The van der Waals surface area contributed by atoms with E-state index >= 15 is 0 Å². The molecule has 0 fully saturated rings. The van der Waals surface area contributed by atoms with Crippen LogP contribution in [0.1, 0.15) is 16.1 Å². The number of benzene rings is 2. The number of fused-ring (bicyclic) bond motifs is 1. The summed E-state index contributed by atoms with van der Waals surface area (Å²) in [5.74, 6) is -1.12. The van der Waals surface area contributed by atoms with Gasteiger partial charge in [-0.05, 0) is 29.8 Å². The van der Waals surface area contributed by atoms with Gasteiger partial charge in [0.1, 0.15) is 5.82 Å². The van der Waals surface area contributed by atoms with E-state index in [4.69, 9.17) is 22.1 Å². The number of halogens is 2. The fraction of sp³-hybridized carbons (Fsp3) is 0.118. The summed E-state index contributed by atoms with van der Waals surface area (Å²) in [7, 11) is 1.26. The molecule has 0 saturated heterocycles. The quantitative estimate of drug-likeness (QED) is 0.744. The topological polar surface area (TPSA) is 57.2 Å². The Labute approximate surface area is 137 Å². The Morgan fingerprint density at radius 1 is 1.26 bits per heavy atom. The molecule has 0 amide bonds. The highest BCUT2D eigenvalue weighted by Crippen LogP contribution is 2.35. The van der Waals surface area contributed by atoms with Gasteiger partial charge in [0.25, 0.3) is 0 Å². The van der Waals surface area contributed by atoms with Gasteiger partial charge in [-0.3, -0.25) is 0 Å². The SMILES string of the molecule is COC(=O)c1c(Cl)c2c(F)cccc2n1-c1ccc(CN)cc1. The van der Waals surface area contributed by atoms with E-state index in [1.807, 2.05) is 12.1 Å². The van der Waals surface area contributed by atoms with E-state index in [0.29, 0.717) is 17.7 Å². The van der Waals surface area contributed by atoms with Crippen molar-refractivity contribution in [1.29, 1.82) is 0 Å². The third kappa shape index (κ3) is 2.48. The van der Waals surface area contributed by atoms with Crippen molar-refractivity contribution < 1.29 is 13.9 Å². The number of ether oxygens (including phenoxy) is 1.